The molecule has 0 bridgehead atoms. The van der Waals surface area contributed by atoms with Gasteiger partial charge in [-0.2, -0.15) is 0 Å². The molecular formula is C13H28N2O3Si. The Bertz CT molecular complexity index is 301. The average Bonchev–Trinajstić information content (AvgIpc) is 2.77. The zero-order valence-electron chi connectivity index (χ0n) is 12.6. The third kappa shape index (κ3) is 5.50. The maximum Gasteiger partial charge on any atom is 0.407 e. The van der Waals surface area contributed by atoms with Gasteiger partial charge in [0.1, 0.15) is 0 Å². The standard InChI is InChI=1S/C13H28N2O3Si/c1-15(13(16)17)9-11(14)12(18-19(2,3)4)10-7-5-6-8-10/h10-12H,5-9,14H2,1-4H3,(H,16,17)/t11-,12+/m1/s1. The van der Waals surface area contributed by atoms with Crippen LogP contribution < -0.4 is 5.73 Å². The highest BCUT2D eigenvalue weighted by atomic mass is 28.4. The predicted octanol–water partition coefficient (Wildman–Crippen LogP) is 2.33. The van der Waals surface area contributed by atoms with Crippen molar-refractivity contribution in [1.29, 1.82) is 0 Å². The van der Waals surface area contributed by atoms with E-state index >= 15 is 0 Å². The van der Waals surface area contributed by atoms with Crippen LogP contribution in [-0.4, -0.2) is 50.2 Å². The fourth-order valence-corrected chi connectivity index (χ4v) is 3.91. The molecule has 0 saturated heterocycles. The Morgan fingerprint density at radius 2 is 1.95 bits per heavy atom. The van der Waals surface area contributed by atoms with E-state index in [0.29, 0.717) is 12.5 Å². The van der Waals surface area contributed by atoms with Crippen LogP contribution in [0.25, 0.3) is 0 Å². The van der Waals surface area contributed by atoms with Crippen LogP contribution in [0, 0.1) is 5.92 Å². The second-order valence-corrected chi connectivity index (χ2v) is 11.0. The Morgan fingerprint density at radius 3 is 2.37 bits per heavy atom. The molecule has 1 aliphatic carbocycles. The van der Waals surface area contributed by atoms with Crippen molar-refractivity contribution in [2.45, 2.75) is 57.5 Å². The van der Waals surface area contributed by atoms with E-state index in [4.69, 9.17) is 15.3 Å². The van der Waals surface area contributed by atoms with E-state index < -0.39 is 14.4 Å². The average molecular weight is 288 g/mol. The van der Waals surface area contributed by atoms with Gasteiger partial charge in [0.2, 0.25) is 0 Å². The summed E-state index contributed by atoms with van der Waals surface area (Å²) >= 11 is 0. The van der Waals surface area contributed by atoms with Crippen molar-refractivity contribution in [1.82, 2.24) is 4.90 Å². The number of amides is 1. The van der Waals surface area contributed by atoms with Crippen LogP contribution >= 0.6 is 0 Å². The number of carboxylic acid groups (broad SMARTS) is 1. The minimum atomic E-state index is -1.67. The molecule has 3 N–H and O–H groups in total. The molecule has 112 valence electrons. The molecule has 1 fully saturated rings. The second-order valence-electron chi connectivity index (χ2n) is 6.57. The van der Waals surface area contributed by atoms with Gasteiger partial charge in [-0.15, -0.1) is 0 Å². The van der Waals surface area contributed by atoms with Gasteiger partial charge in [0, 0.05) is 19.6 Å². The molecule has 2 atom stereocenters. The first-order chi connectivity index (χ1) is 8.70. The molecule has 0 aliphatic heterocycles. The van der Waals surface area contributed by atoms with Crippen LogP contribution in [0.1, 0.15) is 25.7 Å². The molecule has 0 aromatic heterocycles. The molecule has 0 unspecified atom stereocenters. The van der Waals surface area contributed by atoms with Crippen molar-refractivity contribution in [3.63, 3.8) is 0 Å². The molecule has 0 aromatic rings. The summed E-state index contributed by atoms with van der Waals surface area (Å²) in [5.74, 6) is 0.490. The highest BCUT2D eigenvalue weighted by Gasteiger charge is 2.34. The predicted molar refractivity (Wildman–Crippen MR) is 78.8 cm³/mol. The van der Waals surface area contributed by atoms with Gasteiger partial charge in [0.25, 0.3) is 0 Å². The number of nitrogens with zero attached hydrogens (tertiary/aromatic N) is 1. The highest BCUT2D eigenvalue weighted by molar-refractivity contribution is 6.69. The van der Waals surface area contributed by atoms with E-state index in [2.05, 4.69) is 19.6 Å². The number of rotatable bonds is 6. The number of carbonyl (C=O) groups is 1. The van der Waals surface area contributed by atoms with Gasteiger partial charge in [0.15, 0.2) is 8.32 Å². The lowest BCUT2D eigenvalue weighted by Gasteiger charge is -2.36. The highest BCUT2D eigenvalue weighted by Crippen LogP contribution is 2.32. The van der Waals surface area contributed by atoms with Crippen LogP contribution in [-0.2, 0) is 4.43 Å². The summed E-state index contributed by atoms with van der Waals surface area (Å²) < 4.78 is 6.26. The van der Waals surface area contributed by atoms with Crippen molar-refractivity contribution in [3.8, 4) is 0 Å². The first-order valence-corrected chi connectivity index (χ1v) is 10.5. The number of likely N-dealkylation sites (N-methyl/N-ethyl adjacent to an activating group) is 1. The summed E-state index contributed by atoms with van der Waals surface area (Å²) in [6.07, 6.45) is 3.83. The van der Waals surface area contributed by atoms with Gasteiger partial charge in [-0.3, -0.25) is 0 Å². The summed E-state index contributed by atoms with van der Waals surface area (Å²) in [6, 6.07) is -0.240. The number of nitrogens with two attached hydrogens (primary N) is 1. The van der Waals surface area contributed by atoms with Gasteiger partial charge in [-0.05, 0) is 38.4 Å². The molecule has 0 aromatic carbocycles. The molecule has 0 radical (unpaired) electrons. The van der Waals surface area contributed by atoms with Crippen molar-refractivity contribution >= 4 is 14.4 Å². The maximum atomic E-state index is 10.9. The maximum absolute atomic E-state index is 10.9. The molecule has 1 amide bonds. The smallest absolute Gasteiger partial charge is 0.407 e. The van der Waals surface area contributed by atoms with E-state index in [1.165, 1.54) is 17.7 Å². The molecule has 0 heterocycles. The van der Waals surface area contributed by atoms with E-state index in [9.17, 15) is 4.79 Å². The fourth-order valence-electron chi connectivity index (χ4n) is 2.73. The van der Waals surface area contributed by atoms with Gasteiger partial charge in [-0.25, -0.2) is 4.79 Å². The third-order valence-electron chi connectivity index (χ3n) is 3.59. The van der Waals surface area contributed by atoms with Crippen molar-refractivity contribution in [3.05, 3.63) is 0 Å². The van der Waals surface area contributed by atoms with Crippen LogP contribution in [0.4, 0.5) is 4.79 Å². The zero-order valence-corrected chi connectivity index (χ0v) is 13.6. The number of hydrogen-bond acceptors (Lipinski definition) is 3. The zero-order chi connectivity index (χ0) is 14.6. The Labute approximate surface area is 117 Å². The van der Waals surface area contributed by atoms with E-state index in [0.717, 1.165) is 12.8 Å². The lowest BCUT2D eigenvalue weighted by Crippen LogP contribution is -2.52. The molecule has 5 nitrogen and oxygen atoms in total. The van der Waals surface area contributed by atoms with E-state index in [1.54, 1.807) is 7.05 Å². The quantitative estimate of drug-likeness (QED) is 0.736. The van der Waals surface area contributed by atoms with E-state index in [-0.39, 0.29) is 12.1 Å². The van der Waals surface area contributed by atoms with Crippen LogP contribution in [0.3, 0.4) is 0 Å². The molecule has 19 heavy (non-hydrogen) atoms. The van der Waals surface area contributed by atoms with Crippen LogP contribution in [0.15, 0.2) is 0 Å². The van der Waals surface area contributed by atoms with Crippen molar-refractivity contribution in [2.24, 2.45) is 11.7 Å². The summed E-state index contributed by atoms with van der Waals surface area (Å²) in [5, 5.41) is 8.95. The largest absolute Gasteiger partial charge is 0.465 e. The summed E-state index contributed by atoms with van der Waals surface area (Å²) in [6.45, 7) is 6.80. The van der Waals surface area contributed by atoms with Crippen LogP contribution in [0.5, 0.6) is 0 Å². The minimum absolute atomic E-state index is 0.00373. The van der Waals surface area contributed by atoms with Crippen molar-refractivity contribution < 1.29 is 14.3 Å². The summed E-state index contributed by atoms with van der Waals surface area (Å²) in [7, 11) is -0.117. The first-order valence-electron chi connectivity index (χ1n) is 7.08. The first kappa shape index (κ1) is 16.5. The fraction of sp³-hybridized carbons (Fsp3) is 0.923. The van der Waals surface area contributed by atoms with Gasteiger partial charge < -0.3 is 20.2 Å². The Balaban J connectivity index is 2.68. The molecule has 6 heteroatoms. The molecular weight excluding hydrogens is 260 g/mol. The van der Waals surface area contributed by atoms with Gasteiger partial charge >= 0.3 is 6.09 Å². The Hall–Kier alpha value is -0.593. The van der Waals surface area contributed by atoms with Gasteiger partial charge in [-0.1, -0.05) is 12.8 Å². The normalized spacial score (nSPS) is 20.3. The Kier molecular flexibility index (Phi) is 5.82. The Morgan fingerprint density at radius 1 is 1.42 bits per heavy atom. The summed E-state index contributed by atoms with van der Waals surface area (Å²) in [4.78, 5) is 12.2. The molecule has 1 rings (SSSR count). The molecule has 1 saturated carbocycles. The topological polar surface area (TPSA) is 75.8 Å². The van der Waals surface area contributed by atoms with Gasteiger partial charge in [0.05, 0.1) is 6.10 Å². The lowest BCUT2D eigenvalue weighted by molar-refractivity contribution is 0.0852. The van der Waals surface area contributed by atoms with Crippen LogP contribution in [0.2, 0.25) is 19.6 Å². The van der Waals surface area contributed by atoms with Crippen molar-refractivity contribution in [2.75, 3.05) is 13.6 Å². The van der Waals surface area contributed by atoms with E-state index in [1.807, 2.05) is 0 Å². The number of hydrogen-bond donors (Lipinski definition) is 2. The third-order valence-corrected chi connectivity index (χ3v) is 4.57. The lowest BCUT2D eigenvalue weighted by atomic mass is 9.95. The summed E-state index contributed by atoms with van der Waals surface area (Å²) in [5.41, 5.74) is 6.24. The second kappa shape index (κ2) is 6.72. The SMILES string of the molecule is CN(C[C@@H](N)[C@@H](O[Si](C)(C)C)C1CCCC1)C(=O)O. The minimum Gasteiger partial charge on any atom is -0.465 e. The monoisotopic (exact) mass is 288 g/mol. The molecule has 1 aliphatic rings. The molecule has 0 spiro atoms.